The van der Waals surface area contributed by atoms with Crippen LogP contribution in [0.3, 0.4) is 0 Å². The number of hydrogen-bond acceptors (Lipinski definition) is 3. The van der Waals surface area contributed by atoms with E-state index in [1.54, 1.807) is 6.20 Å². The number of rotatable bonds is 3. The number of nitrogens with zero attached hydrogens (tertiary/aromatic N) is 3. The summed E-state index contributed by atoms with van der Waals surface area (Å²) in [6, 6.07) is 10.1. The van der Waals surface area contributed by atoms with Gasteiger partial charge in [0.25, 0.3) is 5.91 Å². The van der Waals surface area contributed by atoms with Crippen LogP contribution in [0, 0.1) is 0 Å². The second kappa shape index (κ2) is 6.64. The first kappa shape index (κ1) is 16.3. The molecule has 0 radical (unpaired) electrons. The number of amides is 1. The lowest BCUT2D eigenvalue weighted by molar-refractivity contribution is 0.0542. The number of aryl methyl sites for hydroxylation is 1. The second-order valence-electron chi connectivity index (χ2n) is 7.32. The zero-order valence-electron chi connectivity index (χ0n) is 14.5. The molecular formula is C20H25N3O2. The lowest BCUT2D eigenvalue weighted by Gasteiger charge is -2.42. The first-order valence-electron chi connectivity index (χ1n) is 9.24. The van der Waals surface area contributed by atoms with E-state index in [-0.39, 0.29) is 17.9 Å². The fourth-order valence-electron chi connectivity index (χ4n) is 4.32. The van der Waals surface area contributed by atoms with Crippen LogP contribution in [-0.4, -0.2) is 45.4 Å². The summed E-state index contributed by atoms with van der Waals surface area (Å²) in [6.45, 7) is 2.29. The van der Waals surface area contributed by atoms with E-state index in [0.29, 0.717) is 6.54 Å². The van der Waals surface area contributed by atoms with Crippen molar-refractivity contribution in [3.8, 4) is 0 Å². The molecule has 3 heterocycles. The number of carbonyl (C=O) groups is 1. The molecule has 2 aromatic rings. The van der Waals surface area contributed by atoms with Gasteiger partial charge in [0, 0.05) is 25.0 Å². The quantitative estimate of drug-likeness (QED) is 0.934. The molecule has 1 saturated heterocycles. The van der Waals surface area contributed by atoms with Crippen molar-refractivity contribution in [3.63, 3.8) is 0 Å². The molecule has 1 N–H and O–H groups in total. The van der Waals surface area contributed by atoms with E-state index in [1.165, 1.54) is 0 Å². The third-order valence-electron chi connectivity index (χ3n) is 5.77. The van der Waals surface area contributed by atoms with Gasteiger partial charge in [-0.25, -0.2) is 0 Å². The van der Waals surface area contributed by atoms with Gasteiger partial charge in [0.15, 0.2) is 0 Å². The Morgan fingerprint density at radius 1 is 1.16 bits per heavy atom. The average molecular weight is 339 g/mol. The van der Waals surface area contributed by atoms with Crippen molar-refractivity contribution in [3.05, 3.63) is 53.3 Å². The van der Waals surface area contributed by atoms with Crippen molar-refractivity contribution >= 4 is 5.91 Å². The highest BCUT2D eigenvalue weighted by atomic mass is 16.3. The summed E-state index contributed by atoms with van der Waals surface area (Å²) in [5, 5.41) is 14.6. The van der Waals surface area contributed by atoms with Gasteiger partial charge in [0.1, 0.15) is 0 Å². The minimum absolute atomic E-state index is 0.0624. The van der Waals surface area contributed by atoms with Crippen molar-refractivity contribution in [1.82, 2.24) is 14.7 Å². The van der Waals surface area contributed by atoms with E-state index in [9.17, 15) is 9.90 Å². The Hall–Kier alpha value is -2.14. The van der Waals surface area contributed by atoms with Crippen LogP contribution in [0.1, 0.15) is 47.3 Å². The van der Waals surface area contributed by atoms with E-state index >= 15 is 0 Å². The number of hydrogen-bond donors (Lipinski definition) is 1. The molecule has 2 aliphatic heterocycles. The zero-order chi connectivity index (χ0) is 17.3. The number of piperidine rings is 1. The van der Waals surface area contributed by atoms with E-state index in [4.69, 9.17) is 0 Å². The second-order valence-corrected chi connectivity index (χ2v) is 7.32. The maximum Gasteiger partial charge on any atom is 0.257 e. The number of carbonyl (C=O) groups excluding carboxylic acids is 1. The molecule has 4 rings (SSSR count). The molecule has 0 aliphatic carbocycles. The molecule has 0 spiro atoms. The molecule has 2 aliphatic rings. The van der Waals surface area contributed by atoms with Gasteiger partial charge in [-0.1, -0.05) is 30.3 Å². The molecule has 1 aromatic carbocycles. The first-order chi connectivity index (χ1) is 12.2. The number of likely N-dealkylation sites (tertiary alicyclic amines) is 1. The Morgan fingerprint density at radius 3 is 2.80 bits per heavy atom. The van der Waals surface area contributed by atoms with Crippen molar-refractivity contribution in [2.45, 2.75) is 44.1 Å². The van der Waals surface area contributed by atoms with E-state index in [1.807, 2.05) is 27.8 Å². The largest absolute Gasteiger partial charge is 0.395 e. The van der Waals surface area contributed by atoms with E-state index < -0.39 is 0 Å². The molecular weight excluding hydrogens is 314 g/mol. The van der Waals surface area contributed by atoms with Gasteiger partial charge in [-0.2, -0.15) is 5.10 Å². The van der Waals surface area contributed by atoms with E-state index in [2.05, 4.69) is 17.2 Å². The normalized spacial score (nSPS) is 23.3. The molecule has 1 aromatic heterocycles. The number of aromatic nitrogens is 2. The monoisotopic (exact) mass is 339 g/mol. The maximum atomic E-state index is 13.2. The van der Waals surface area contributed by atoms with Crippen LogP contribution in [0.25, 0.3) is 0 Å². The molecule has 1 unspecified atom stereocenters. The fraction of sp³-hybridized carbons (Fsp3) is 0.500. The van der Waals surface area contributed by atoms with Gasteiger partial charge in [0.2, 0.25) is 0 Å². The van der Waals surface area contributed by atoms with Gasteiger partial charge in [-0.15, -0.1) is 0 Å². The summed E-state index contributed by atoms with van der Waals surface area (Å²) >= 11 is 0. The Labute approximate surface area is 148 Å². The predicted molar refractivity (Wildman–Crippen MR) is 95.5 cm³/mol. The topological polar surface area (TPSA) is 58.4 Å². The lowest BCUT2D eigenvalue weighted by Crippen LogP contribution is -2.50. The van der Waals surface area contributed by atoms with Crippen LogP contribution < -0.4 is 0 Å². The minimum atomic E-state index is -0.359. The molecule has 1 fully saturated rings. The summed E-state index contributed by atoms with van der Waals surface area (Å²) in [5.74, 6) is 0.0663. The molecule has 0 saturated carbocycles. The molecule has 1 atom stereocenters. The van der Waals surface area contributed by atoms with Gasteiger partial charge < -0.3 is 10.0 Å². The minimum Gasteiger partial charge on any atom is -0.395 e. The van der Waals surface area contributed by atoms with Crippen LogP contribution in [0.4, 0.5) is 0 Å². The number of fused-ring (bicyclic) bond motifs is 1. The Balaban J connectivity index is 1.61. The number of aliphatic hydroxyl groups is 1. The molecule has 25 heavy (non-hydrogen) atoms. The highest BCUT2D eigenvalue weighted by Gasteiger charge is 2.39. The molecule has 1 amide bonds. The Bertz CT molecular complexity index is 756. The lowest BCUT2D eigenvalue weighted by atomic mass is 9.74. The van der Waals surface area contributed by atoms with Crippen LogP contribution in [0.5, 0.6) is 0 Å². The smallest absolute Gasteiger partial charge is 0.257 e. The van der Waals surface area contributed by atoms with Crippen LogP contribution in [0.15, 0.2) is 36.5 Å². The average Bonchev–Trinajstić information content (AvgIpc) is 3.12. The Kier molecular flexibility index (Phi) is 4.34. The summed E-state index contributed by atoms with van der Waals surface area (Å²) in [5.41, 5.74) is 2.59. The van der Waals surface area contributed by atoms with Crippen molar-refractivity contribution in [2.24, 2.45) is 0 Å². The van der Waals surface area contributed by atoms with Crippen molar-refractivity contribution in [2.75, 3.05) is 19.7 Å². The van der Waals surface area contributed by atoms with Crippen molar-refractivity contribution < 1.29 is 9.90 Å². The summed E-state index contributed by atoms with van der Waals surface area (Å²) in [6.07, 6.45) is 6.73. The van der Waals surface area contributed by atoms with Crippen LogP contribution in [-0.2, 0) is 18.4 Å². The summed E-state index contributed by atoms with van der Waals surface area (Å²) in [4.78, 5) is 15.1. The van der Waals surface area contributed by atoms with Gasteiger partial charge in [-0.3, -0.25) is 9.48 Å². The molecule has 5 heteroatoms. The van der Waals surface area contributed by atoms with Gasteiger partial charge >= 0.3 is 0 Å². The van der Waals surface area contributed by atoms with E-state index in [0.717, 1.165) is 62.0 Å². The van der Waals surface area contributed by atoms with Crippen molar-refractivity contribution in [1.29, 1.82) is 0 Å². The van der Waals surface area contributed by atoms with Gasteiger partial charge in [0.05, 0.1) is 24.1 Å². The summed E-state index contributed by atoms with van der Waals surface area (Å²) < 4.78 is 1.98. The third kappa shape index (κ3) is 2.86. The van der Waals surface area contributed by atoms with Crippen LogP contribution in [0.2, 0.25) is 0 Å². The predicted octanol–water partition coefficient (Wildman–Crippen LogP) is 2.39. The molecule has 0 bridgehead atoms. The van der Waals surface area contributed by atoms with Gasteiger partial charge in [-0.05, 0) is 37.7 Å². The standard InChI is InChI=1S/C20H25N3O2/c24-15-20(16-7-2-1-3-8-16)10-6-11-22(14-20)19(25)17-13-21-23-12-5-4-9-18(17)23/h1-3,7-8,13,24H,4-6,9-12,14-15H2. The SMILES string of the molecule is O=C(c1cnn2c1CCCC2)N1CCCC(CO)(c2ccccc2)C1. The Morgan fingerprint density at radius 2 is 2.00 bits per heavy atom. The number of aliphatic hydroxyl groups excluding tert-OH is 1. The van der Waals surface area contributed by atoms with Crippen LogP contribution >= 0.6 is 0 Å². The summed E-state index contributed by atoms with van der Waals surface area (Å²) in [7, 11) is 0. The zero-order valence-corrected chi connectivity index (χ0v) is 14.5. The number of benzene rings is 1. The fourth-order valence-corrected chi connectivity index (χ4v) is 4.32. The molecule has 5 nitrogen and oxygen atoms in total. The highest BCUT2D eigenvalue weighted by Crippen LogP contribution is 2.34. The molecule has 132 valence electrons. The third-order valence-corrected chi connectivity index (χ3v) is 5.77. The highest BCUT2D eigenvalue weighted by molar-refractivity contribution is 5.95. The first-order valence-corrected chi connectivity index (χ1v) is 9.24. The maximum absolute atomic E-state index is 13.2.